The van der Waals surface area contributed by atoms with E-state index in [0.717, 1.165) is 44.9 Å². The first-order chi connectivity index (χ1) is 30.0. The van der Waals surface area contributed by atoms with Gasteiger partial charge in [0.2, 0.25) is 0 Å². The highest BCUT2D eigenvalue weighted by Gasteiger charge is 2.58. The smallest absolute Gasteiger partial charge is 0.463 e. The molecule has 0 aromatic heterocycles. The third-order valence-electron chi connectivity index (χ3n) is 11.0. The molecule has 22 nitrogen and oxygen atoms in total. The SMILES string of the molecule is CCCCCC/C=C\C/C=C\CCCCCCCC(=O)OC[C@@H](O)COP(=O)(O)OC1C(O[C@@H]2OC(CO)[C@H](O)C(O)[C@@H]2O)C(O)C(O)C(O)[C@H]1O[C@H]1OC(CO)[C@@H](O)C(O)[C@H]1O. The second-order valence-corrected chi connectivity index (χ2v) is 17.5. The zero-order valence-corrected chi connectivity index (χ0v) is 36.5. The molecule has 13 N–H and O–H groups in total. The number of ether oxygens (including phenoxy) is 5. The van der Waals surface area contributed by atoms with Gasteiger partial charge in [-0.2, -0.15) is 0 Å². The number of phosphoric acid groups is 1. The van der Waals surface area contributed by atoms with Crippen LogP contribution in [0.25, 0.3) is 0 Å². The largest absolute Gasteiger partial charge is 0.472 e. The molecule has 3 fully saturated rings. The second-order valence-electron chi connectivity index (χ2n) is 16.1. The first kappa shape index (κ1) is 55.7. The van der Waals surface area contributed by atoms with Gasteiger partial charge in [-0.1, -0.05) is 69.8 Å². The van der Waals surface area contributed by atoms with Crippen molar-refractivity contribution in [3.05, 3.63) is 24.3 Å². The fourth-order valence-electron chi connectivity index (χ4n) is 7.20. The Balaban J connectivity index is 1.56. The number of esters is 1. The maximum Gasteiger partial charge on any atom is 0.472 e. The Morgan fingerprint density at radius 3 is 1.56 bits per heavy atom. The predicted molar refractivity (Wildman–Crippen MR) is 217 cm³/mol. The van der Waals surface area contributed by atoms with Crippen molar-refractivity contribution in [1.82, 2.24) is 0 Å². The Morgan fingerprint density at radius 2 is 1.06 bits per heavy atom. The normalized spacial score (nSPS) is 36.7. The zero-order chi connectivity index (χ0) is 46.7. The number of phosphoric ester groups is 1. The fraction of sp³-hybridized carbons (Fsp3) is 0.875. The van der Waals surface area contributed by atoms with Gasteiger partial charge in [-0.25, -0.2) is 4.57 Å². The molecule has 368 valence electrons. The highest BCUT2D eigenvalue weighted by atomic mass is 31.2. The molecule has 1 aliphatic carbocycles. The molecule has 3 aliphatic rings. The van der Waals surface area contributed by atoms with Crippen molar-refractivity contribution < 1.29 is 108 Å². The van der Waals surface area contributed by atoms with E-state index in [9.17, 15) is 75.5 Å². The number of allylic oxidation sites excluding steroid dienone is 4. The van der Waals surface area contributed by atoms with E-state index >= 15 is 0 Å². The summed E-state index contributed by atoms with van der Waals surface area (Å²) in [6, 6.07) is 0. The molecule has 0 amide bonds. The van der Waals surface area contributed by atoms with Crippen LogP contribution in [0.2, 0.25) is 0 Å². The average Bonchev–Trinajstić information content (AvgIpc) is 3.26. The Hall–Kier alpha value is -1.58. The van der Waals surface area contributed by atoms with Gasteiger partial charge in [-0.05, 0) is 38.5 Å². The van der Waals surface area contributed by atoms with Crippen LogP contribution in [0.3, 0.4) is 0 Å². The lowest BCUT2D eigenvalue weighted by Crippen LogP contribution is -2.69. The van der Waals surface area contributed by atoms with Crippen LogP contribution in [0.5, 0.6) is 0 Å². The number of carbonyl (C=O) groups is 1. The van der Waals surface area contributed by atoms with E-state index < -0.39 is 144 Å². The molecule has 10 unspecified atom stereocenters. The van der Waals surface area contributed by atoms with Gasteiger partial charge in [0, 0.05) is 6.42 Å². The van der Waals surface area contributed by atoms with Gasteiger partial charge >= 0.3 is 13.8 Å². The molecule has 2 saturated heterocycles. The van der Waals surface area contributed by atoms with Crippen molar-refractivity contribution in [2.24, 2.45) is 0 Å². The molecule has 1 saturated carbocycles. The minimum absolute atomic E-state index is 0.0592. The quantitative estimate of drug-likeness (QED) is 0.0176. The van der Waals surface area contributed by atoms with Gasteiger partial charge in [0.15, 0.2) is 12.6 Å². The number of hydrogen-bond acceptors (Lipinski definition) is 21. The van der Waals surface area contributed by atoms with E-state index in [1.807, 2.05) is 0 Å². The van der Waals surface area contributed by atoms with Crippen LogP contribution in [-0.2, 0) is 42.1 Å². The van der Waals surface area contributed by atoms with E-state index in [0.29, 0.717) is 6.42 Å². The summed E-state index contributed by atoms with van der Waals surface area (Å²) in [6.45, 7) is -1.30. The van der Waals surface area contributed by atoms with Crippen LogP contribution in [-0.4, -0.2) is 203 Å². The van der Waals surface area contributed by atoms with Crippen LogP contribution in [0.15, 0.2) is 24.3 Å². The third kappa shape index (κ3) is 17.5. The Labute approximate surface area is 366 Å². The molecule has 0 radical (unpaired) electrons. The van der Waals surface area contributed by atoms with Crippen LogP contribution in [0, 0.1) is 0 Å². The average molecular weight is 935 g/mol. The predicted octanol–water partition coefficient (Wildman–Crippen LogP) is -1.94. The number of hydrogen-bond donors (Lipinski definition) is 13. The lowest BCUT2D eigenvalue weighted by atomic mass is 9.84. The first-order valence-corrected chi connectivity index (χ1v) is 23.2. The number of aliphatic hydroxyl groups excluding tert-OH is 12. The van der Waals surface area contributed by atoms with Gasteiger partial charge in [0.05, 0.1) is 19.8 Å². The Kier molecular flexibility index (Phi) is 25.3. The summed E-state index contributed by atoms with van der Waals surface area (Å²) < 4.78 is 50.3. The van der Waals surface area contributed by atoms with Crippen molar-refractivity contribution >= 4 is 13.8 Å². The fourth-order valence-corrected chi connectivity index (χ4v) is 8.17. The van der Waals surface area contributed by atoms with Crippen LogP contribution in [0.1, 0.15) is 90.4 Å². The summed E-state index contributed by atoms with van der Waals surface area (Å²) in [4.78, 5) is 23.1. The second kappa shape index (κ2) is 28.6. The van der Waals surface area contributed by atoms with E-state index in [1.54, 1.807) is 0 Å². The first-order valence-electron chi connectivity index (χ1n) is 21.7. The van der Waals surface area contributed by atoms with Crippen LogP contribution >= 0.6 is 7.82 Å². The minimum Gasteiger partial charge on any atom is -0.463 e. The summed E-state index contributed by atoms with van der Waals surface area (Å²) >= 11 is 0. The summed E-state index contributed by atoms with van der Waals surface area (Å²) in [6.07, 6.45) is -13.5. The molecule has 0 aromatic rings. The summed E-state index contributed by atoms with van der Waals surface area (Å²) in [5, 5.41) is 125. The van der Waals surface area contributed by atoms with Crippen LogP contribution in [0.4, 0.5) is 0 Å². The number of unbranched alkanes of at least 4 members (excludes halogenated alkanes) is 9. The lowest BCUT2D eigenvalue weighted by Gasteiger charge is -2.49. The molecule has 3 rings (SSSR count). The monoisotopic (exact) mass is 934 g/mol. The van der Waals surface area contributed by atoms with E-state index in [2.05, 4.69) is 31.2 Å². The number of aliphatic hydroxyl groups is 12. The molecule has 2 aliphatic heterocycles. The topological polar surface area (TPSA) is 362 Å². The molecule has 0 spiro atoms. The Morgan fingerprint density at radius 1 is 0.603 bits per heavy atom. The molecular weight excluding hydrogens is 863 g/mol. The van der Waals surface area contributed by atoms with Crippen molar-refractivity contribution in [3.63, 3.8) is 0 Å². The molecule has 23 heteroatoms. The van der Waals surface area contributed by atoms with Gasteiger partial charge < -0.3 is 89.9 Å². The number of carbonyl (C=O) groups excluding carboxylic acids is 1. The summed E-state index contributed by atoms with van der Waals surface area (Å²) in [5.41, 5.74) is 0. The van der Waals surface area contributed by atoms with E-state index in [1.165, 1.54) is 25.7 Å². The molecule has 2 heterocycles. The standard InChI is InChI=1S/C40H71O22P/c1-2-3-4-5-6-7-8-9-10-11-12-13-14-15-16-17-18-26(44)56-21-23(43)22-57-63(54,55)62-38-36(60-39-34(52)29(47)27(45)24(19-41)58-39)32(50)31(49)33(51)37(38)61-40-35(53)30(48)28(46)25(20-42)59-40/h7-8,10-11,23-25,27-43,45-53H,2-6,9,12-22H2,1H3,(H,54,55)/b8-7-,11-10-/t23-,24?,25?,27-,28+,29?,30?,31?,32?,33?,34-,35+,36-,37?,38?,39-,40+/m1/s1. The lowest BCUT2D eigenvalue weighted by molar-refractivity contribution is -0.360. The molecule has 0 aromatic carbocycles. The highest BCUT2D eigenvalue weighted by Crippen LogP contribution is 2.48. The molecule has 18 atom stereocenters. The van der Waals surface area contributed by atoms with Crippen LogP contribution < -0.4 is 0 Å². The minimum atomic E-state index is -5.51. The van der Waals surface area contributed by atoms with Gasteiger partial charge in [-0.3, -0.25) is 13.8 Å². The van der Waals surface area contributed by atoms with Gasteiger partial charge in [-0.15, -0.1) is 0 Å². The molecular formula is C40H71O22P. The molecule has 63 heavy (non-hydrogen) atoms. The molecule has 0 bridgehead atoms. The zero-order valence-electron chi connectivity index (χ0n) is 35.6. The maximum atomic E-state index is 13.4. The third-order valence-corrected chi connectivity index (χ3v) is 12.0. The Bertz CT molecular complexity index is 1340. The van der Waals surface area contributed by atoms with Crippen molar-refractivity contribution in [1.29, 1.82) is 0 Å². The number of rotatable bonds is 28. The van der Waals surface area contributed by atoms with Gasteiger partial charge in [0.1, 0.15) is 98.2 Å². The van der Waals surface area contributed by atoms with E-state index in [-0.39, 0.29) is 6.42 Å². The highest BCUT2D eigenvalue weighted by molar-refractivity contribution is 7.47. The van der Waals surface area contributed by atoms with E-state index in [4.69, 9.17) is 32.7 Å². The van der Waals surface area contributed by atoms with Crippen molar-refractivity contribution in [2.45, 2.75) is 195 Å². The van der Waals surface area contributed by atoms with Gasteiger partial charge in [0.25, 0.3) is 0 Å². The maximum absolute atomic E-state index is 13.4. The summed E-state index contributed by atoms with van der Waals surface area (Å²) in [7, 11) is -5.51. The van der Waals surface area contributed by atoms with Crippen molar-refractivity contribution in [2.75, 3.05) is 26.4 Å². The van der Waals surface area contributed by atoms with Crippen molar-refractivity contribution in [3.8, 4) is 0 Å². The summed E-state index contributed by atoms with van der Waals surface area (Å²) in [5.74, 6) is -0.635.